The van der Waals surface area contributed by atoms with Gasteiger partial charge in [-0.3, -0.25) is 9.59 Å². The molecular weight excluding hydrogens is 280 g/mol. The Kier molecular flexibility index (Phi) is 4.54. The number of aromatic nitrogens is 1. The van der Waals surface area contributed by atoms with Gasteiger partial charge in [0.2, 0.25) is 0 Å². The molecule has 0 saturated heterocycles. The average Bonchev–Trinajstić information content (AvgIpc) is 2.88. The third-order valence-corrected chi connectivity index (χ3v) is 3.67. The minimum absolute atomic E-state index is 0.0313. The molecular formula is C17H22N2O3. The standard InChI is InChI=1S/C17H22N2O3/c1-10(2)19(11(3)4)17(21)16(20)14-9-18-15-7-6-12(22-5)8-13(14)15/h6-11,18H,1-5H3. The van der Waals surface area contributed by atoms with Crippen LogP contribution in [0.3, 0.4) is 0 Å². The second-order valence-electron chi connectivity index (χ2n) is 5.84. The van der Waals surface area contributed by atoms with Gasteiger partial charge < -0.3 is 14.6 Å². The van der Waals surface area contributed by atoms with E-state index in [1.165, 1.54) is 0 Å². The first-order valence-corrected chi connectivity index (χ1v) is 7.39. The third kappa shape index (κ3) is 2.84. The highest BCUT2D eigenvalue weighted by Gasteiger charge is 2.28. The van der Waals surface area contributed by atoms with E-state index in [4.69, 9.17) is 4.74 Å². The zero-order valence-electron chi connectivity index (χ0n) is 13.6. The zero-order chi connectivity index (χ0) is 16.4. The summed E-state index contributed by atoms with van der Waals surface area (Å²) in [6.45, 7) is 7.62. The minimum atomic E-state index is -0.498. The van der Waals surface area contributed by atoms with Crippen molar-refractivity contribution in [2.45, 2.75) is 39.8 Å². The molecule has 5 nitrogen and oxygen atoms in total. The van der Waals surface area contributed by atoms with Crippen molar-refractivity contribution in [3.05, 3.63) is 30.0 Å². The van der Waals surface area contributed by atoms with Crippen molar-refractivity contribution >= 4 is 22.6 Å². The monoisotopic (exact) mass is 302 g/mol. The second kappa shape index (κ2) is 6.22. The lowest BCUT2D eigenvalue weighted by Gasteiger charge is -2.29. The Hall–Kier alpha value is -2.30. The number of aromatic amines is 1. The van der Waals surface area contributed by atoms with Crippen molar-refractivity contribution in [1.29, 1.82) is 0 Å². The van der Waals surface area contributed by atoms with Gasteiger partial charge in [-0.05, 0) is 45.9 Å². The Morgan fingerprint density at radius 1 is 1.14 bits per heavy atom. The van der Waals surface area contributed by atoms with Crippen molar-refractivity contribution < 1.29 is 14.3 Å². The smallest absolute Gasteiger partial charge is 0.295 e. The predicted octanol–water partition coefficient (Wildman–Crippen LogP) is 3.00. The van der Waals surface area contributed by atoms with Crippen LogP contribution in [0.5, 0.6) is 5.75 Å². The number of Topliss-reactive ketones (excluding diaryl/α,β-unsaturated/α-hetero) is 1. The average molecular weight is 302 g/mol. The molecule has 1 N–H and O–H groups in total. The van der Waals surface area contributed by atoms with Gasteiger partial charge in [0.15, 0.2) is 0 Å². The summed E-state index contributed by atoms with van der Waals surface area (Å²) in [6.07, 6.45) is 1.59. The lowest BCUT2D eigenvalue weighted by Crippen LogP contribution is -2.45. The molecule has 0 aliphatic carbocycles. The number of carbonyl (C=O) groups excluding carboxylic acids is 2. The molecule has 0 unspecified atom stereocenters. The maximum absolute atomic E-state index is 12.6. The van der Waals surface area contributed by atoms with Crippen molar-refractivity contribution in [2.75, 3.05) is 7.11 Å². The number of carbonyl (C=O) groups is 2. The molecule has 0 saturated carbocycles. The lowest BCUT2D eigenvalue weighted by molar-refractivity contribution is -0.129. The fourth-order valence-electron chi connectivity index (χ4n) is 2.71. The zero-order valence-corrected chi connectivity index (χ0v) is 13.6. The predicted molar refractivity (Wildman–Crippen MR) is 86.3 cm³/mol. The van der Waals surface area contributed by atoms with Gasteiger partial charge in [-0.2, -0.15) is 0 Å². The Morgan fingerprint density at radius 2 is 1.77 bits per heavy atom. The summed E-state index contributed by atoms with van der Waals surface area (Å²) < 4.78 is 5.19. The largest absolute Gasteiger partial charge is 0.497 e. The van der Waals surface area contributed by atoms with Crippen LogP contribution in [0.15, 0.2) is 24.4 Å². The molecule has 0 spiro atoms. The Morgan fingerprint density at radius 3 is 2.32 bits per heavy atom. The summed E-state index contributed by atoms with van der Waals surface area (Å²) in [5.74, 6) is -0.325. The maximum Gasteiger partial charge on any atom is 0.295 e. The van der Waals surface area contributed by atoms with Gasteiger partial charge in [0.25, 0.3) is 11.7 Å². The number of rotatable bonds is 5. The first-order chi connectivity index (χ1) is 10.4. The molecule has 1 aromatic heterocycles. The fraction of sp³-hybridized carbons (Fsp3) is 0.412. The quantitative estimate of drug-likeness (QED) is 0.682. The van der Waals surface area contributed by atoms with Gasteiger partial charge in [-0.25, -0.2) is 0 Å². The number of nitrogens with zero attached hydrogens (tertiary/aromatic N) is 1. The van der Waals surface area contributed by atoms with Crippen LogP contribution in [-0.2, 0) is 4.79 Å². The molecule has 118 valence electrons. The van der Waals surface area contributed by atoms with Crippen LogP contribution in [0.2, 0.25) is 0 Å². The van der Waals surface area contributed by atoms with Gasteiger partial charge in [0, 0.05) is 29.2 Å². The van der Waals surface area contributed by atoms with Crippen LogP contribution in [0.4, 0.5) is 0 Å². The summed E-state index contributed by atoms with van der Waals surface area (Å²) in [6, 6.07) is 5.34. The Bertz CT molecular complexity index is 693. The third-order valence-electron chi connectivity index (χ3n) is 3.67. The number of H-pyrrole nitrogens is 1. The molecule has 2 rings (SSSR count). The molecule has 1 heterocycles. The van der Waals surface area contributed by atoms with E-state index in [1.54, 1.807) is 24.3 Å². The Labute approximate surface area is 130 Å². The molecule has 22 heavy (non-hydrogen) atoms. The minimum Gasteiger partial charge on any atom is -0.497 e. The van der Waals surface area contributed by atoms with Gasteiger partial charge in [-0.15, -0.1) is 0 Å². The SMILES string of the molecule is COc1ccc2[nH]cc(C(=O)C(=O)N(C(C)C)C(C)C)c2c1. The number of amides is 1. The highest BCUT2D eigenvalue weighted by molar-refractivity contribution is 6.45. The first-order valence-electron chi connectivity index (χ1n) is 7.39. The van der Waals surface area contributed by atoms with Crippen molar-refractivity contribution in [1.82, 2.24) is 9.88 Å². The number of ketones is 1. The Balaban J connectivity index is 2.42. The van der Waals surface area contributed by atoms with Crippen molar-refractivity contribution in [2.24, 2.45) is 0 Å². The number of fused-ring (bicyclic) bond motifs is 1. The van der Waals surface area contributed by atoms with E-state index >= 15 is 0 Å². The summed E-state index contributed by atoms with van der Waals surface area (Å²) in [5.41, 5.74) is 1.18. The molecule has 2 aromatic rings. The van der Waals surface area contributed by atoms with E-state index in [-0.39, 0.29) is 12.1 Å². The van der Waals surface area contributed by atoms with Crippen LogP contribution in [0, 0.1) is 0 Å². The van der Waals surface area contributed by atoms with Crippen molar-refractivity contribution in [3.8, 4) is 5.75 Å². The second-order valence-corrected chi connectivity index (χ2v) is 5.84. The van der Waals surface area contributed by atoms with Crippen LogP contribution in [0.1, 0.15) is 38.1 Å². The van der Waals surface area contributed by atoms with E-state index in [0.29, 0.717) is 16.7 Å². The van der Waals surface area contributed by atoms with Gasteiger partial charge in [-0.1, -0.05) is 0 Å². The summed E-state index contributed by atoms with van der Waals surface area (Å²) >= 11 is 0. The van der Waals surface area contributed by atoms with E-state index in [9.17, 15) is 9.59 Å². The van der Waals surface area contributed by atoms with Crippen LogP contribution >= 0.6 is 0 Å². The number of benzene rings is 1. The highest BCUT2D eigenvalue weighted by Crippen LogP contribution is 2.24. The van der Waals surface area contributed by atoms with E-state index in [1.807, 2.05) is 39.8 Å². The van der Waals surface area contributed by atoms with Crippen LogP contribution in [-0.4, -0.2) is 40.8 Å². The first kappa shape index (κ1) is 16.1. The van der Waals surface area contributed by atoms with Crippen molar-refractivity contribution in [3.63, 3.8) is 0 Å². The van der Waals surface area contributed by atoms with Gasteiger partial charge in [0.05, 0.1) is 12.7 Å². The van der Waals surface area contributed by atoms with Gasteiger partial charge in [0.1, 0.15) is 5.75 Å². The number of hydrogen-bond acceptors (Lipinski definition) is 3. The summed E-state index contributed by atoms with van der Waals surface area (Å²) in [5, 5.41) is 0.699. The maximum atomic E-state index is 12.6. The molecule has 0 aliphatic heterocycles. The van der Waals surface area contributed by atoms with E-state index < -0.39 is 11.7 Å². The number of nitrogens with one attached hydrogen (secondary N) is 1. The molecule has 0 fully saturated rings. The summed E-state index contributed by atoms with van der Waals surface area (Å²) in [4.78, 5) is 29.8. The van der Waals surface area contributed by atoms with Gasteiger partial charge >= 0.3 is 0 Å². The van der Waals surface area contributed by atoms with Crippen LogP contribution < -0.4 is 4.74 Å². The van der Waals surface area contributed by atoms with Crippen LogP contribution in [0.25, 0.3) is 10.9 Å². The number of hydrogen-bond donors (Lipinski definition) is 1. The molecule has 1 aromatic carbocycles. The molecule has 0 radical (unpaired) electrons. The molecule has 0 bridgehead atoms. The molecule has 0 aliphatic rings. The fourth-order valence-corrected chi connectivity index (χ4v) is 2.71. The molecule has 1 amide bonds. The number of ether oxygens (including phenoxy) is 1. The lowest BCUT2D eigenvalue weighted by atomic mass is 10.1. The number of methoxy groups -OCH3 is 1. The molecule has 5 heteroatoms. The molecule has 0 atom stereocenters. The normalized spacial score (nSPS) is 11.2. The van der Waals surface area contributed by atoms with E-state index in [2.05, 4.69) is 4.98 Å². The summed E-state index contributed by atoms with van der Waals surface area (Å²) in [7, 11) is 1.57. The van der Waals surface area contributed by atoms with E-state index in [0.717, 1.165) is 5.52 Å². The topological polar surface area (TPSA) is 62.4 Å². The highest BCUT2D eigenvalue weighted by atomic mass is 16.5.